The van der Waals surface area contributed by atoms with Crippen molar-refractivity contribution in [3.8, 4) is 0 Å². The summed E-state index contributed by atoms with van der Waals surface area (Å²) >= 11 is 0. The summed E-state index contributed by atoms with van der Waals surface area (Å²) in [6.07, 6.45) is 2.14. The molecule has 1 aliphatic rings. The highest BCUT2D eigenvalue weighted by molar-refractivity contribution is 5.95. The van der Waals surface area contributed by atoms with Crippen molar-refractivity contribution < 1.29 is 9.59 Å². The third-order valence-corrected chi connectivity index (χ3v) is 5.51. The Kier molecular flexibility index (Phi) is 6.91. The van der Waals surface area contributed by atoms with Crippen LogP contribution in [-0.2, 0) is 4.79 Å². The number of para-hydroxylation sites is 1. The minimum Gasteiger partial charge on any atom is -0.376 e. The van der Waals surface area contributed by atoms with Crippen molar-refractivity contribution in [3.63, 3.8) is 0 Å². The molecule has 154 valence electrons. The van der Waals surface area contributed by atoms with E-state index in [9.17, 15) is 9.59 Å². The first-order valence-electron chi connectivity index (χ1n) is 10.5. The molecule has 2 amide bonds. The number of anilines is 2. The van der Waals surface area contributed by atoms with Crippen LogP contribution in [0.25, 0.3) is 0 Å². The normalized spacial score (nSPS) is 14.7. The number of amides is 2. The Bertz CT molecular complexity index is 837. The first kappa shape index (κ1) is 20.9. The quantitative estimate of drug-likeness (QED) is 0.746. The van der Waals surface area contributed by atoms with Gasteiger partial charge in [0.15, 0.2) is 0 Å². The number of likely N-dealkylation sites (tertiary alicyclic amines) is 1. The summed E-state index contributed by atoms with van der Waals surface area (Å²) in [7, 11) is 0. The minimum absolute atomic E-state index is 0.0893. The number of carbonyl (C=O) groups excluding carboxylic acids is 2. The molecule has 0 aromatic heterocycles. The molecule has 2 aromatic rings. The van der Waals surface area contributed by atoms with Gasteiger partial charge < -0.3 is 15.5 Å². The fourth-order valence-electron chi connectivity index (χ4n) is 3.62. The Labute approximate surface area is 173 Å². The van der Waals surface area contributed by atoms with Crippen LogP contribution in [0, 0.1) is 5.92 Å². The highest BCUT2D eigenvalue weighted by Gasteiger charge is 2.21. The molecular formula is C24H31N3O2. The molecule has 0 atom stereocenters. The van der Waals surface area contributed by atoms with E-state index in [4.69, 9.17) is 0 Å². The van der Waals surface area contributed by atoms with E-state index in [-0.39, 0.29) is 18.4 Å². The van der Waals surface area contributed by atoms with Gasteiger partial charge in [-0.05, 0) is 60.6 Å². The lowest BCUT2D eigenvalue weighted by molar-refractivity contribution is -0.114. The largest absolute Gasteiger partial charge is 0.376 e. The lowest BCUT2D eigenvalue weighted by Crippen LogP contribution is -2.37. The molecule has 1 aliphatic heterocycles. The predicted molar refractivity (Wildman–Crippen MR) is 118 cm³/mol. The average Bonchev–Trinajstić information content (AvgIpc) is 2.73. The predicted octanol–water partition coefficient (Wildman–Crippen LogP) is 4.73. The van der Waals surface area contributed by atoms with Gasteiger partial charge in [0.05, 0.1) is 6.54 Å². The van der Waals surface area contributed by atoms with Gasteiger partial charge in [-0.1, -0.05) is 39.0 Å². The number of benzene rings is 2. The van der Waals surface area contributed by atoms with E-state index < -0.39 is 0 Å². The number of rotatable bonds is 6. The first-order valence-corrected chi connectivity index (χ1v) is 10.5. The van der Waals surface area contributed by atoms with Crippen molar-refractivity contribution >= 4 is 23.2 Å². The summed E-state index contributed by atoms with van der Waals surface area (Å²) in [5, 5.41) is 6.10. The molecule has 2 aromatic carbocycles. The molecule has 0 saturated carbocycles. The number of hydrogen-bond acceptors (Lipinski definition) is 3. The van der Waals surface area contributed by atoms with Crippen LogP contribution >= 0.6 is 0 Å². The van der Waals surface area contributed by atoms with Gasteiger partial charge in [0.1, 0.15) is 0 Å². The SMILES string of the molecule is CC1CCN(C(=O)c2ccc(NCC(=O)Nc3ccccc3C(C)C)cc2)CC1. The Morgan fingerprint density at radius 2 is 1.69 bits per heavy atom. The van der Waals surface area contributed by atoms with E-state index >= 15 is 0 Å². The Hall–Kier alpha value is -2.82. The molecule has 0 aliphatic carbocycles. The highest BCUT2D eigenvalue weighted by Crippen LogP contribution is 2.23. The minimum atomic E-state index is -0.0966. The molecule has 0 radical (unpaired) electrons. The number of piperidine rings is 1. The van der Waals surface area contributed by atoms with Gasteiger partial charge in [-0.2, -0.15) is 0 Å². The van der Waals surface area contributed by atoms with Gasteiger partial charge in [-0.15, -0.1) is 0 Å². The molecule has 5 heteroatoms. The fraction of sp³-hybridized carbons (Fsp3) is 0.417. The van der Waals surface area contributed by atoms with Crippen molar-refractivity contribution in [3.05, 3.63) is 59.7 Å². The maximum atomic E-state index is 12.6. The van der Waals surface area contributed by atoms with E-state index in [0.29, 0.717) is 17.4 Å². The molecule has 0 spiro atoms. The third kappa shape index (κ3) is 5.59. The van der Waals surface area contributed by atoms with Crippen molar-refractivity contribution in [2.45, 2.75) is 39.5 Å². The van der Waals surface area contributed by atoms with Crippen LogP contribution in [0.1, 0.15) is 55.5 Å². The van der Waals surface area contributed by atoms with E-state index in [0.717, 1.165) is 42.9 Å². The molecule has 1 saturated heterocycles. The maximum Gasteiger partial charge on any atom is 0.253 e. The van der Waals surface area contributed by atoms with E-state index in [1.165, 1.54) is 0 Å². The summed E-state index contributed by atoms with van der Waals surface area (Å²) in [6.45, 7) is 8.28. The molecule has 0 bridgehead atoms. The Morgan fingerprint density at radius 3 is 2.34 bits per heavy atom. The molecule has 1 fully saturated rings. The summed E-state index contributed by atoms with van der Waals surface area (Å²) in [5.41, 5.74) is 3.49. The van der Waals surface area contributed by atoms with Crippen molar-refractivity contribution in [1.82, 2.24) is 4.90 Å². The molecule has 5 nitrogen and oxygen atoms in total. The van der Waals surface area contributed by atoms with E-state index in [2.05, 4.69) is 31.4 Å². The molecule has 3 rings (SSSR count). The number of hydrogen-bond donors (Lipinski definition) is 2. The first-order chi connectivity index (χ1) is 13.9. The Balaban J connectivity index is 1.52. The van der Waals surface area contributed by atoms with Crippen LogP contribution < -0.4 is 10.6 Å². The summed E-state index contributed by atoms with van der Waals surface area (Å²) in [6, 6.07) is 15.2. The van der Waals surface area contributed by atoms with Gasteiger partial charge in [0.25, 0.3) is 5.91 Å². The second-order valence-corrected chi connectivity index (χ2v) is 8.20. The van der Waals surface area contributed by atoms with Gasteiger partial charge in [-0.25, -0.2) is 0 Å². The lowest BCUT2D eigenvalue weighted by atomic mass is 9.98. The van der Waals surface area contributed by atoms with Crippen molar-refractivity contribution in [1.29, 1.82) is 0 Å². The van der Waals surface area contributed by atoms with Crippen LogP contribution in [-0.4, -0.2) is 36.3 Å². The standard InChI is InChI=1S/C24H31N3O2/c1-17(2)21-6-4-5-7-22(21)26-23(28)16-25-20-10-8-19(9-11-20)24(29)27-14-12-18(3)13-15-27/h4-11,17-18,25H,12-16H2,1-3H3,(H,26,28). The van der Waals surface area contributed by atoms with Gasteiger partial charge >= 0.3 is 0 Å². The third-order valence-electron chi connectivity index (χ3n) is 5.51. The molecule has 0 unspecified atom stereocenters. The molecule has 29 heavy (non-hydrogen) atoms. The monoisotopic (exact) mass is 393 g/mol. The van der Waals surface area contributed by atoms with Crippen LogP contribution in [0.4, 0.5) is 11.4 Å². The van der Waals surface area contributed by atoms with Crippen LogP contribution in [0.3, 0.4) is 0 Å². The molecule has 1 heterocycles. The summed E-state index contributed by atoms with van der Waals surface area (Å²) in [4.78, 5) is 26.9. The summed E-state index contributed by atoms with van der Waals surface area (Å²) < 4.78 is 0. The van der Waals surface area contributed by atoms with Gasteiger partial charge in [0, 0.05) is 30.0 Å². The fourth-order valence-corrected chi connectivity index (χ4v) is 3.62. The molecule has 2 N–H and O–H groups in total. The zero-order chi connectivity index (χ0) is 20.8. The van der Waals surface area contributed by atoms with Crippen molar-refractivity contribution in [2.75, 3.05) is 30.3 Å². The highest BCUT2D eigenvalue weighted by atomic mass is 16.2. The second kappa shape index (κ2) is 9.59. The van der Waals surface area contributed by atoms with E-state index in [1.807, 2.05) is 53.4 Å². The van der Waals surface area contributed by atoms with Gasteiger partial charge in [0.2, 0.25) is 5.91 Å². The number of nitrogens with zero attached hydrogens (tertiary/aromatic N) is 1. The Morgan fingerprint density at radius 1 is 1.03 bits per heavy atom. The van der Waals surface area contributed by atoms with E-state index in [1.54, 1.807) is 0 Å². The van der Waals surface area contributed by atoms with Crippen LogP contribution in [0.2, 0.25) is 0 Å². The zero-order valence-corrected chi connectivity index (χ0v) is 17.6. The van der Waals surface area contributed by atoms with Crippen molar-refractivity contribution in [2.24, 2.45) is 5.92 Å². The van der Waals surface area contributed by atoms with Crippen LogP contribution in [0.5, 0.6) is 0 Å². The zero-order valence-electron chi connectivity index (χ0n) is 17.6. The average molecular weight is 394 g/mol. The molecular weight excluding hydrogens is 362 g/mol. The van der Waals surface area contributed by atoms with Crippen LogP contribution in [0.15, 0.2) is 48.5 Å². The lowest BCUT2D eigenvalue weighted by Gasteiger charge is -2.30. The smallest absolute Gasteiger partial charge is 0.253 e. The summed E-state index contributed by atoms with van der Waals surface area (Å²) in [5.74, 6) is 1.03. The van der Waals surface area contributed by atoms with Gasteiger partial charge in [-0.3, -0.25) is 9.59 Å². The maximum absolute atomic E-state index is 12.6. The number of nitrogens with one attached hydrogen (secondary N) is 2. The number of carbonyl (C=O) groups is 2. The topological polar surface area (TPSA) is 61.4 Å². The second-order valence-electron chi connectivity index (χ2n) is 8.20.